The molecule has 6 nitrogen and oxygen atoms in total. The van der Waals surface area contributed by atoms with Crippen molar-refractivity contribution >= 4 is 16.0 Å². The number of rotatable bonds is 5. The molecule has 0 amide bonds. The quantitative estimate of drug-likeness (QED) is 0.706. The number of aliphatic hydroxyl groups excluding tert-OH is 1. The van der Waals surface area contributed by atoms with Gasteiger partial charge in [-0.3, -0.25) is 4.79 Å². The third kappa shape index (κ3) is 3.52. The molecule has 18 heavy (non-hydrogen) atoms. The van der Waals surface area contributed by atoms with E-state index in [1.807, 2.05) is 4.72 Å². The summed E-state index contributed by atoms with van der Waals surface area (Å²) < 4.78 is 25.7. The standard InChI is InChI=1S/C11H15NO5S/c1-7-3-5-9(6-4-7)18(16,17)12-10(8(2)13)11(14)15/h3-6,8,10,12-13H,1-2H3,(H,14,15). The smallest absolute Gasteiger partial charge is 0.324 e. The number of aliphatic hydroxyl groups is 1. The maximum Gasteiger partial charge on any atom is 0.324 e. The van der Waals surface area contributed by atoms with E-state index in [4.69, 9.17) is 5.11 Å². The van der Waals surface area contributed by atoms with Crippen molar-refractivity contribution in [3.63, 3.8) is 0 Å². The van der Waals surface area contributed by atoms with Gasteiger partial charge in [0.15, 0.2) is 0 Å². The Labute approximate surface area is 105 Å². The Hall–Kier alpha value is -1.44. The molecule has 3 N–H and O–H groups in total. The molecule has 0 aliphatic rings. The van der Waals surface area contributed by atoms with Crippen molar-refractivity contribution in [2.45, 2.75) is 30.9 Å². The lowest BCUT2D eigenvalue weighted by molar-refractivity contribution is -0.141. The molecule has 100 valence electrons. The third-order valence-electron chi connectivity index (χ3n) is 2.36. The molecule has 0 saturated heterocycles. The highest BCUT2D eigenvalue weighted by Gasteiger charge is 2.29. The second-order valence-electron chi connectivity index (χ2n) is 3.99. The van der Waals surface area contributed by atoms with Gasteiger partial charge in [-0.2, -0.15) is 4.72 Å². The van der Waals surface area contributed by atoms with Crippen LogP contribution in [0.1, 0.15) is 12.5 Å². The minimum atomic E-state index is -3.96. The normalized spacial score (nSPS) is 15.1. The van der Waals surface area contributed by atoms with E-state index in [-0.39, 0.29) is 4.90 Å². The Morgan fingerprint density at radius 3 is 2.17 bits per heavy atom. The number of aryl methyl sites for hydroxylation is 1. The highest BCUT2D eigenvalue weighted by atomic mass is 32.2. The maximum absolute atomic E-state index is 11.9. The molecule has 0 radical (unpaired) electrons. The molecule has 1 rings (SSSR count). The number of nitrogens with one attached hydrogen (secondary N) is 1. The topological polar surface area (TPSA) is 104 Å². The van der Waals surface area contributed by atoms with E-state index in [2.05, 4.69) is 0 Å². The molecular weight excluding hydrogens is 258 g/mol. The summed E-state index contributed by atoms with van der Waals surface area (Å²) in [5.74, 6) is -1.43. The lowest BCUT2D eigenvalue weighted by Gasteiger charge is -2.17. The fourth-order valence-electron chi connectivity index (χ4n) is 1.31. The van der Waals surface area contributed by atoms with E-state index in [1.54, 1.807) is 19.1 Å². The maximum atomic E-state index is 11.9. The Kier molecular flexibility index (Phi) is 4.44. The molecular formula is C11H15NO5S. The zero-order chi connectivity index (χ0) is 13.9. The Bertz CT molecular complexity index is 521. The number of benzene rings is 1. The summed E-state index contributed by atoms with van der Waals surface area (Å²) in [4.78, 5) is 10.8. The lowest BCUT2D eigenvalue weighted by Crippen LogP contribution is -2.47. The van der Waals surface area contributed by atoms with Gasteiger partial charge in [-0.25, -0.2) is 8.42 Å². The molecule has 0 saturated carbocycles. The average Bonchev–Trinajstić information content (AvgIpc) is 2.26. The van der Waals surface area contributed by atoms with E-state index < -0.39 is 28.1 Å². The first-order chi connectivity index (χ1) is 8.24. The average molecular weight is 273 g/mol. The van der Waals surface area contributed by atoms with Gasteiger partial charge in [-0.15, -0.1) is 0 Å². The SMILES string of the molecule is Cc1ccc(S(=O)(=O)NC(C(=O)O)C(C)O)cc1. The van der Waals surface area contributed by atoms with Crippen molar-refractivity contribution in [2.24, 2.45) is 0 Å². The molecule has 7 heteroatoms. The number of sulfonamides is 1. The highest BCUT2D eigenvalue weighted by Crippen LogP contribution is 2.11. The minimum Gasteiger partial charge on any atom is -0.480 e. The second-order valence-corrected chi connectivity index (χ2v) is 5.70. The predicted octanol–water partition coefficient (Wildman–Crippen LogP) is 0.107. The molecule has 1 aromatic carbocycles. The minimum absolute atomic E-state index is 0.0417. The number of hydrogen-bond donors (Lipinski definition) is 3. The van der Waals surface area contributed by atoms with Crippen molar-refractivity contribution in [1.82, 2.24) is 4.72 Å². The first-order valence-electron chi connectivity index (χ1n) is 5.24. The van der Waals surface area contributed by atoms with Gasteiger partial charge in [0.25, 0.3) is 0 Å². The van der Waals surface area contributed by atoms with E-state index in [1.165, 1.54) is 19.1 Å². The van der Waals surface area contributed by atoms with Gasteiger partial charge < -0.3 is 10.2 Å². The van der Waals surface area contributed by atoms with E-state index in [9.17, 15) is 18.3 Å². The highest BCUT2D eigenvalue weighted by molar-refractivity contribution is 7.89. The number of carbonyl (C=O) groups is 1. The van der Waals surface area contributed by atoms with Crippen molar-refractivity contribution < 1.29 is 23.4 Å². The number of carboxylic acids is 1. The summed E-state index contributed by atoms with van der Waals surface area (Å²) in [5, 5.41) is 18.0. The zero-order valence-electron chi connectivity index (χ0n) is 9.99. The molecule has 2 atom stereocenters. The molecule has 0 bridgehead atoms. The third-order valence-corrected chi connectivity index (χ3v) is 3.82. The molecule has 0 aliphatic heterocycles. The van der Waals surface area contributed by atoms with Crippen LogP contribution < -0.4 is 4.72 Å². The Morgan fingerprint density at radius 1 is 1.28 bits per heavy atom. The molecule has 0 fully saturated rings. The van der Waals surface area contributed by atoms with Gasteiger partial charge in [0, 0.05) is 0 Å². The van der Waals surface area contributed by atoms with Crippen LogP contribution in [0.2, 0.25) is 0 Å². The van der Waals surface area contributed by atoms with Crippen molar-refractivity contribution in [3.05, 3.63) is 29.8 Å². The van der Waals surface area contributed by atoms with Crippen LogP contribution >= 0.6 is 0 Å². The monoisotopic (exact) mass is 273 g/mol. The largest absolute Gasteiger partial charge is 0.480 e. The van der Waals surface area contributed by atoms with Crippen molar-refractivity contribution in [2.75, 3.05) is 0 Å². The summed E-state index contributed by atoms with van der Waals surface area (Å²) in [6, 6.07) is 4.38. The fraction of sp³-hybridized carbons (Fsp3) is 0.364. The van der Waals surface area contributed by atoms with Crippen LogP contribution in [-0.2, 0) is 14.8 Å². The lowest BCUT2D eigenvalue weighted by atomic mass is 10.2. The van der Waals surface area contributed by atoms with Crippen LogP contribution in [0, 0.1) is 6.92 Å². The second kappa shape index (κ2) is 5.47. The summed E-state index contributed by atoms with van der Waals surface area (Å²) in [6.45, 7) is 3.01. The van der Waals surface area contributed by atoms with E-state index in [0.29, 0.717) is 0 Å². The zero-order valence-corrected chi connectivity index (χ0v) is 10.8. The summed E-state index contributed by atoms with van der Waals surface area (Å²) in [7, 11) is -3.96. The van der Waals surface area contributed by atoms with Gasteiger partial charge in [0.2, 0.25) is 10.0 Å². The number of carboxylic acid groups (broad SMARTS) is 1. The van der Waals surface area contributed by atoms with Crippen LogP contribution in [0.4, 0.5) is 0 Å². The Balaban J connectivity index is 3.01. The molecule has 1 aromatic rings. The van der Waals surface area contributed by atoms with E-state index in [0.717, 1.165) is 5.56 Å². The van der Waals surface area contributed by atoms with Gasteiger partial charge in [0.1, 0.15) is 6.04 Å². The molecule has 0 heterocycles. The molecule has 2 unspecified atom stereocenters. The van der Waals surface area contributed by atoms with Crippen LogP contribution in [0.3, 0.4) is 0 Å². The first kappa shape index (κ1) is 14.6. The van der Waals surface area contributed by atoms with Crippen LogP contribution in [0.15, 0.2) is 29.2 Å². The van der Waals surface area contributed by atoms with Crippen molar-refractivity contribution in [1.29, 1.82) is 0 Å². The summed E-state index contributed by atoms with van der Waals surface area (Å²) in [6.07, 6.45) is -1.33. The summed E-state index contributed by atoms with van der Waals surface area (Å²) in [5.41, 5.74) is 0.888. The molecule has 0 aromatic heterocycles. The fourth-order valence-corrected chi connectivity index (χ4v) is 2.57. The number of aliphatic carboxylic acids is 1. The van der Waals surface area contributed by atoms with Crippen LogP contribution in [0.25, 0.3) is 0 Å². The molecule has 0 aliphatic carbocycles. The van der Waals surface area contributed by atoms with Gasteiger partial charge in [0.05, 0.1) is 11.0 Å². The Morgan fingerprint density at radius 2 is 1.78 bits per heavy atom. The predicted molar refractivity (Wildman–Crippen MR) is 64.6 cm³/mol. The molecule has 0 spiro atoms. The number of hydrogen-bond acceptors (Lipinski definition) is 4. The van der Waals surface area contributed by atoms with Crippen molar-refractivity contribution in [3.8, 4) is 0 Å². The van der Waals surface area contributed by atoms with Gasteiger partial charge >= 0.3 is 5.97 Å². The van der Waals surface area contributed by atoms with Gasteiger partial charge in [-0.05, 0) is 26.0 Å². The van der Waals surface area contributed by atoms with Crippen LogP contribution in [-0.4, -0.2) is 36.7 Å². The van der Waals surface area contributed by atoms with Crippen LogP contribution in [0.5, 0.6) is 0 Å². The first-order valence-corrected chi connectivity index (χ1v) is 6.72. The van der Waals surface area contributed by atoms with E-state index >= 15 is 0 Å². The van der Waals surface area contributed by atoms with Gasteiger partial charge in [-0.1, -0.05) is 17.7 Å². The summed E-state index contributed by atoms with van der Waals surface area (Å²) >= 11 is 0.